The average Bonchev–Trinajstić information content (AvgIpc) is 2.52. The largest absolute Gasteiger partial charge is 0.496 e. The number of hydrogen-bond acceptors (Lipinski definition) is 3. The van der Waals surface area contributed by atoms with Crippen LogP contribution < -0.4 is 4.74 Å². The van der Waals surface area contributed by atoms with Crippen molar-refractivity contribution in [2.45, 2.75) is 51.2 Å². The van der Waals surface area contributed by atoms with Gasteiger partial charge in [0.2, 0.25) is 0 Å². The topological polar surface area (TPSA) is 38.7 Å². The minimum atomic E-state index is -0.616. The zero-order valence-electron chi connectivity index (χ0n) is 12.5. The number of hydrogen-bond donors (Lipinski definition) is 1. The van der Waals surface area contributed by atoms with Gasteiger partial charge in [-0.25, -0.2) is 0 Å². The Kier molecular flexibility index (Phi) is 5.86. The summed E-state index contributed by atoms with van der Waals surface area (Å²) in [5.41, 5.74) is 0.832. The van der Waals surface area contributed by atoms with E-state index in [1.807, 2.05) is 31.2 Å². The number of ether oxygens (including phenoxy) is 2. The Morgan fingerprint density at radius 1 is 1.20 bits per heavy atom. The third kappa shape index (κ3) is 3.53. The molecule has 2 unspecified atom stereocenters. The van der Waals surface area contributed by atoms with Gasteiger partial charge in [-0.1, -0.05) is 37.5 Å². The highest BCUT2D eigenvalue weighted by atomic mass is 16.5. The maximum atomic E-state index is 10.8. The lowest BCUT2D eigenvalue weighted by Crippen LogP contribution is -2.32. The molecule has 2 atom stereocenters. The second kappa shape index (κ2) is 7.65. The van der Waals surface area contributed by atoms with Gasteiger partial charge < -0.3 is 14.6 Å². The molecular formula is C17H26O3. The molecule has 0 amide bonds. The molecular weight excluding hydrogens is 252 g/mol. The van der Waals surface area contributed by atoms with E-state index in [1.54, 1.807) is 7.11 Å². The lowest BCUT2D eigenvalue weighted by Gasteiger charge is -2.33. The molecule has 1 fully saturated rings. The lowest BCUT2D eigenvalue weighted by molar-refractivity contribution is -0.0745. The number of methoxy groups -OCH3 is 1. The summed E-state index contributed by atoms with van der Waals surface area (Å²) >= 11 is 0. The summed E-state index contributed by atoms with van der Waals surface area (Å²) in [7, 11) is 1.64. The quantitative estimate of drug-likeness (QED) is 0.862. The van der Waals surface area contributed by atoms with Gasteiger partial charge in [-0.2, -0.15) is 0 Å². The summed E-state index contributed by atoms with van der Waals surface area (Å²) < 4.78 is 11.3. The molecule has 1 aliphatic rings. The van der Waals surface area contributed by atoms with Crippen molar-refractivity contribution in [2.75, 3.05) is 13.7 Å². The van der Waals surface area contributed by atoms with Crippen molar-refractivity contribution < 1.29 is 14.6 Å². The minimum Gasteiger partial charge on any atom is -0.496 e. The van der Waals surface area contributed by atoms with E-state index in [9.17, 15) is 5.11 Å². The Balaban J connectivity index is 2.18. The maximum Gasteiger partial charge on any atom is 0.124 e. The van der Waals surface area contributed by atoms with Gasteiger partial charge in [-0.3, -0.25) is 0 Å². The van der Waals surface area contributed by atoms with Gasteiger partial charge in [0.25, 0.3) is 0 Å². The Labute approximate surface area is 121 Å². The number of aliphatic hydroxyl groups excluding tert-OH is 1. The van der Waals surface area contributed by atoms with E-state index >= 15 is 0 Å². The molecule has 1 saturated carbocycles. The number of rotatable bonds is 6. The highest BCUT2D eigenvalue weighted by molar-refractivity contribution is 5.35. The van der Waals surface area contributed by atoms with Gasteiger partial charge in [0.15, 0.2) is 0 Å². The van der Waals surface area contributed by atoms with Crippen molar-refractivity contribution in [3.63, 3.8) is 0 Å². The van der Waals surface area contributed by atoms with Crippen molar-refractivity contribution in [1.29, 1.82) is 0 Å². The molecule has 20 heavy (non-hydrogen) atoms. The first kappa shape index (κ1) is 15.3. The van der Waals surface area contributed by atoms with E-state index in [2.05, 4.69) is 0 Å². The smallest absolute Gasteiger partial charge is 0.124 e. The standard InChI is InChI=1S/C17H26O3/c1-3-20-17(13-9-5-4-6-10-13)16(18)14-11-7-8-12-15(14)19-2/h7-8,11-13,16-18H,3-6,9-10H2,1-2H3. The van der Waals surface area contributed by atoms with Crippen LogP contribution in [0.2, 0.25) is 0 Å². The fourth-order valence-electron chi connectivity index (χ4n) is 3.23. The van der Waals surface area contributed by atoms with E-state index in [-0.39, 0.29) is 6.10 Å². The van der Waals surface area contributed by atoms with Crippen LogP contribution in [0.1, 0.15) is 50.7 Å². The molecule has 0 aliphatic heterocycles. The van der Waals surface area contributed by atoms with Gasteiger partial charge in [0, 0.05) is 12.2 Å². The average molecular weight is 278 g/mol. The number of para-hydroxylation sites is 1. The second-order valence-electron chi connectivity index (χ2n) is 5.50. The third-order valence-corrected chi connectivity index (χ3v) is 4.24. The van der Waals surface area contributed by atoms with Gasteiger partial charge in [-0.05, 0) is 31.7 Å². The van der Waals surface area contributed by atoms with E-state index in [0.717, 1.165) is 24.2 Å². The summed E-state index contributed by atoms with van der Waals surface area (Å²) in [6.07, 6.45) is 5.35. The van der Waals surface area contributed by atoms with Gasteiger partial charge in [-0.15, -0.1) is 0 Å². The van der Waals surface area contributed by atoms with Crippen LogP contribution in [0.15, 0.2) is 24.3 Å². The highest BCUT2D eigenvalue weighted by Crippen LogP contribution is 2.36. The molecule has 1 aromatic carbocycles. The van der Waals surface area contributed by atoms with E-state index in [0.29, 0.717) is 12.5 Å². The van der Waals surface area contributed by atoms with E-state index in [1.165, 1.54) is 19.3 Å². The zero-order chi connectivity index (χ0) is 14.4. The molecule has 1 aliphatic carbocycles. The third-order valence-electron chi connectivity index (χ3n) is 4.24. The Hall–Kier alpha value is -1.06. The lowest BCUT2D eigenvalue weighted by atomic mass is 9.81. The number of aliphatic hydroxyl groups is 1. The van der Waals surface area contributed by atoms with Crippen LogP contribution in [0.5, 0.6) is 5.75 Å². The molecule has 112 valence electrons. The van der Waals surface area contributed by atoms with Crippen LogP contribution in [-0.4, -0.2) is 24.9 Å². The van der Waals surface area contributed by atoms with Crippen molar-refractivity contribution in [1.82, 2.24) is 0 Å². The summed E-state index contributed by atoms with van der Waals surface area (Å²) in [4.78, 5) is 0. The first-order valence-corrected chi connectivity index (χ1v) is 7.70. The van der Waals surface area contributed by atoms with Gasteiger partial charge in [0.05, 0.1) is 13.2 Å². The van der Waals surface area contributed by atoms with Crippen molar-refractivity contribution >= 4 is 0 Å². The van der Waals surface area contributed by atoms with Gasteiger partial charge in [0.1, 0.15) is 11.9 Å². The first-order chi connectivity index (χ1) is 9.77. The summed E-state index contributed by atoms with van der Waals surface area (Å²) in [5.74, 6) is 1.18. The van der Waals surface area contributed by atoms with Crippen LogP contribution in [0.3, 0.4) is 0 Å². The fraction of sp³-hybridized carbons (Fsp3) is 0.647. The predicted molar refractivity (Wildman–Crippen MR) is 79.9 cm³/mol. The molecule has 1 aromatic rings. The van der Waals surface area contributed by atoms with Crippen molar-refractivity contribution in [3.05, 3.63) is 29.8 Å². The monoisotopic (exact) mass is 278 g/mol. The molecule has 2 rings (SSSR count). The van der Waals surface area contributed by atoms with Crippen molar-refractivity contribution in [3.8, 4) is 5.75 Å². The molecule has 0 bridgehead atoms. The zero-order valence-corrected chi connectivity index (χ0v) is 12.5. The summed E-state index contributed by atoms with van der Waals surface area (Å²) in [6.45, 7) is 2.62. The molecule has 0 radical (unpaired) electrons. The fourth-order valence-corrected chi connectivity index (χ4v) is 3.23. The van der Waals surface area contributed by atoms with Crippen LogP contribution >= 0.6 is 0 Å². The SMILES string of the molecule is CCOC(C1CCCCC1)C(O)c1ccccc1OC. The highest BCUT2D eigenvalue weighted by Gasteiger charge is 2.32. The molecule has 0 aromatic heterocycles. The normalized spacial score (nSPS) is 19.6. The van der Waals surface area contributed by atoms with Crippen LogP contribution in [-0.2, 0) is 4.74 Å². The first-order valence-electron chi connectivity index (χ1n) is 7.70. The van der Waals surface area contributed by atoms with Gasteiger partial charge >= 0.3 is 0 Å². The minimum absolute atomic E-state index is 0.128. The van der Waals surface area contributed by atoms with Crippen LogP contribution in [0.25, 0.3) is 0 Å². The summed E-state index contributed by atoms with van der Waals surface area (Å²) in [5, 5.41) is 10.8. The maximum absolute atomic E-state index is 10.8. The molecule has 1 N–H and O–H groups in total. The van der Waals surface area contributed by atoms with Crippen LogP contribution in [0.4, 0.5) is 0 Å². The molecule has 3 heteroatoms. The second-order valence-corrected chi connectivity index (χ2v) is 5.50. The van der Waals surface area contributed by atoms with Crippen molar-refractivity contribution in [2.24, 2.45) is 5.92 Å². The Morgan fingerprint density at radius 3 is 2.55 bits per heavy atom. The predicted octanol–water partition coefficient (Wildman–Crippen LogP) is 3.71. The Bertz CT molecular complexity index is 399. The number of benzene rings is 1. The molecule has 0 spiro atoms. The molecule has 0 heterocycles. The van der Waals surface area contributed by atoms with E-state index < -0.39 is 6.10 Å². The van der Waals surface area contributed by atoms with Crippen LogP contribution in [0, 0.1) is 5.92 Å². The molecule has 0 saturated heterocycles. The van der Waals surface area contributed by atoms with E-state index in [4.69, 9.17) is 9.47 Å². The molecule has 3 nitrogen and oxygen atoms in total. The summed E-state index contributed by atoms with van der Waals surface area (Å²) in [6, 6.07) is 7.68. The Morgan fingerprint density at radius 2 is 1.90 bits per heavy atom.